The van der Waals surface area contributed by atoms with Crippen LogP contribution in [0.4, 0.5) is 11.4 Å². The number of para-hydroxylation sites is 2. The van der Waals surface area contributed by atoms with E-state index in [9.17, 15) is 10.1 Å². The third-order valence-electron chi connectivity index (χ3n) is 3.08. The molecule has 0 aromatic heterocycles. The quantitative estimate of drug-likeness (QED) is 0.398. The van der Waals surface area contributed by atoms with E-state index in [1.807, 2.05) is 19.1 Å². The minimum atomic E-state index is -0.302. The van der Waals surface area contributed by atoms with Crippen LogP contribution < -0.4 is 4.90 Å². The van der Waals surface area contributed by atoms with Crippen LogP contribution in [0.1, 0.15) is 39.5 Å². The van der Waals surface area contributed by atoms with Crippen molar-refractivity contribution in [1.82, 2.24) is 0 Å². The molecule has 0 atom stereocenters. The molecule has 0 aliphatic heterocycles. The largest absolute Gasteiger partial charge is 0.366 e. The van der Waals surface area contributed by atoms with Crippen molar-refractivity contribution in [1.29, 1.82) is 0 Å². The van der Waals surface area contributed by atoms with Gasteiger partial charge in [0.05, 0.1) is 4.92 Å². The molecule has 0 aliphatic carbocycles. The van der Waals surface area contributed by atoms with Gasteiger partial charge in [0.1, 0.15) is 5.69 Å². The van der Waals surface area contributed by atoms with Crippen molar-refractivity contribution in [3.8, 4) is 0 Å². The smallest absolute Gasteiger partial charge is 0.292 e. The SMILES string of the molecule is CCCCCCN(CC)c1ccccc1[N+](=O)[O-]. The monoisotopic (exact) mass is 250 g/mol. The number of benzene rings is 1. The van der Waals surface area contributed by atoms with Gasteiger partial charge in [-0.1, -0.05) is 38.3 Å². The van der Waals surface area contributed by atoms with Crippen LogP contribution in [0, 0.1) is 10.1 Å². The molecule has 100 valence electrons. The summed E-state index contributed by atoms with van der Waals surface area (Å²) >= 11 is 0. The molecule has 0 heterocycles. The van der Waals surface area contributed by atoms with Crippen LogP contribution in [-0.2, 0) is 0 Å². The molecule has 0 unspecified atom stereocenters. The molecular formula is C14H22N2O2. The standard InChI is InChI=1S/C14H22N2O2/c1-3-5-6-9-12-15(4-2)13-10-7-8-11-14(13)16(17)18/h7-8,10-11H,3-6,9,12H2,1-2H3. The maximum atomic E-state index is 11.0. The number of anilines is 1. The lowest BCUT2D eigenvalue weighted by Crippen LogP contribution is -2.24. The van der Waals surface area contributed by atoms with Crippen LogP contribution in [0.25, 0.3) is 0 Å². The number of hydrogen-bond acceptors (Lipinski definition) is 3. The van der Waals surface area contributed by atoms with Crippen molar-refractivity contribution in [2.75, 3.05) is 18.0 Å². The van der Waals surface area contributed by atoms with Gasteiger partial charge in [0.25, 0.3) is 5.69 Å². The Morgan fingerprint density at radius 2 is 1.89 bits per heavy atom. The van der Waals surface area contributed by atoms with E-state index in [1.165, 1.54) is 19.3 Å². The maximum absolute atomic E-state index is 11.0. The first-order chi connectivity index (χ1) is 8.70. The summed E-state index contributed by atoms with van der Waals surface area (Å²) in [7, 11) is 0. The zero-order valence-corrected chi connectivity index (χ0v) is 11.3. The summed E-state index contributed by atoms with van der Waals surface area (Å²) in [5.41, 5.74) is 0.941. The van der Waals surface area contributed by atoms with E-state index < -0.39 is 0 Å². The number of unbranched alkanes of at least 4 members (excludes halogenated alkanes) is 3. The van der Waals surface area contributed by atoms with E-state index in [1.54, 1.807) is 12.1 Å². The molecule has 0 saturated carbocycles. The van der Waals surface area contributed by atoms with Crippen LogP contribution in [-0.4, -0.2) is 18.0 Å². The Morgan fingerprint density at radius 1 is 1.17 bits per heavy atom. The van der Waals surface area contributed by atoms with Gasteiger partial charge in [-0.3, -0.25) is 10.1 Å². The van der Waals surface area contributed by atoms with E-state index in [-0.39, 0.29) is 10.6 Å². The number of rotatable bonds is 8. The van der Waals surface area contributed by atoms with Gasteiger partial charge in [-0.15, -0.1) is 0 Å². The van der Waals surface area contributed by atoms with E-state index in [0.29, 0.717) is 0 Å². The van der Waals surface area contributed by atoms with E-state index in [0.717, 1.165) is 25.2 Å². The van der Waals surface area contributed by atoms with Crippen LogP contribution >= 0.6 is 0 Å². The van der Waals surface area contributed by atoms with Gasteiger partial charge in [-0.05, 0) is 19.4 Å². The first-order valence-corrected chi connectivity index (χ1v) is 6.69. The van der Waals surface area contributed by atoms with Crippen molar-refractivity contribution in [2.45, 2.75) is 39.5 Å². The number of nitrogens with zero attached hydrogens (tertiary/aromatic N) is 2. The Bertz CT molecular complexity index is 380. The van der Waals surface area contributed by atoms with Gasteiger partial charge in [0.15, 0.2) is 0 Å². The Kier molecular flexibility index (Phi) is 6.19. The maximum Gasteiger partial charge on any atom is 0.292 e. The molecule has 18 heavy (non-hydrogen) atoms. The predicted octanol–water partition coefficient (Wildman–Crippen LogP) is 4.00. The lowest BCUT2D eigenvalue weighted by atomic mass is 10.2. The summed E-state index contributed by atoms with van der Waals surface area (Å²) in [6.45, 7) is 5.91. The molecule has 0 spiro atoms. The third kappa shape index (κ3) is 4.02. The molecule has 1 aromatic carbocycles. The Labute approximate surface area is 109 Å². The highest BCUT2D eigenvalue weighted by molar-refractivity contribution is 5.62. The Balaban J connectivity index is 2.72. The molecular weight excluding hydrogens is 228 g/mol. The van der Waals surface area contributed by atoms with E-state index >= 15 is 0 Å². The van der Waals surface area contributed by atoms with Crippen molar-refractivity contribution in [3.05, 3.63) is 34.4 Å². The number of hydrogen-bond donors (Lipinski definition) is 0. The Hall–Kier alpha value is -1.58. The van der Waals surface area contributed by atoms with Crippen molar-refractivity contribution in [3.63, 3.8) is 0 Å². The molecule has 4 nitrogen and oxygen atoms in total. The lowest BCUT2D eigenvalue weighted by molar-refractivity contribution is -0.384. The molecule has 0 amide bonds. The average Bonchev–Trinajstić information content (AvgIpc) is 2.39. The van der Waals surface area contributed by atoms with Crippen LogP contribution in [0.3, 0.4) is 0 Å². The zero-order chi connectivity index (χ0) is 13.4. The fourth-order valence-corrected chi connectivity index (χ4v) is 2.06. The third-order valence-corrected chi connectivity index (χ3v) is 3.08. The van der Waals surface area contributed by atoms with Gasteiger partial charge in [-0.25, -0.2) is 0 Å². The summed E-state index contributed by atoms with van der Waals surface area (Å²) in [5, 5.41) is 11.0. The number of nitro benzene ring substituents is 1. The second-order valence-corrected chi connectivity index (χ2v) is 4.39. The fourth-order valence-electron chi connectivity index (χ4n) is 2.06. The molecule has 0 radical (unpaired) electrons. The van der Waals surface area contributed by atoms with Crippen molar-refractivity contribution in [2.24, 2.45) is 0 Å². The van der Waals surface area contributed by atoms with E-state index in [2.05, 4.69) is 11.8 Å². The number of nitro groups is 1. The molecule has 0 saturated heterocycles. The minimum absolute atomic E-state index is 0.204. The second kappa shape index (κ2) is 7.69. The second-order valence-electron chi connectivity index (χ2n) is 4.39. The van der Waals surface area contributed by atoms with Gasteiger partial charge < -0.3 is 4.90 Å². The molecule has 0 N–H and O–H groups in total. The van der Waals surface area contributed by atoms with Gasteiger partial charge in [0, 0.05) is 19.2 Å². The highest BCUT2D eigenvalue weighted by atomic mass is 16.6. The molecule has 1 aromatic rings. The molecule has 4 heteroatoms. The molecule has 0 bridgehead atoms. The Morgan fingerprint density at radius 3 is 2.50 bits per heavy atom. The van der Waals surface area contributed by atoms with Crippen LogP contribution in [0.15, 0.2) is 24.3 Å². The normalized spacial score (nSPS) is 10.3. The van der Waals surface area contributed by atoms with Crippen LogP contribution in [0.5, 0.6) is 0 Å². The summed E-state index contributed by atoms with van der Waals surface area (Å²) in [6, 6.07) is 6.98. The topological polar surface area (TPSA) is 46.4 Å². The highest BCUT2D eigenvalue weighted by Crippen LogP contribution is 2.27. The average molecular weight is 250 g/mol. The highest BCUT2D eigenvalue weighted by Gasteiger charge is 2.16. The molecule has 0 aliphatic rings. The van der Waals surface area contributed by atoms with Crippen molar-refractivity contribution >= 4 is 11.4 Å². The summed E-state index contributed by atoms with van der Waals surface area (Å²) in [4.78, 5) is 12.8. The fraction of sp³-hybridized carbons (Fsp3) is 0.571. The first kappa shape index (κ1) is 14.5. The summed E-state index contributed by atoms with van der Waals surface area (Å²) in [6.07, 6.45) is 4.72. The molecule has 1 rings (SSSR count). The van der Waals surface area contributed by atoms with Crippen LogP contribution in [0.2, 0.25) is 0 Å². The summed E-state index contributed by atoms with van der Waals surface area (Å²) in [5.74, 6) is 0. The van der Waals surface area contributed by atoms with Gasteiger partial charge in [0.2, 0.25) is 0 Å². The zero-order valence-electron chi connectivity index (χ0n) is 11.3. The van der Waals surface area contributed by atoms with Gasteiger partial charge in [-0.2, -0.15) is 0 Å². The predicted molar refractivity (Wildman–Crippen MR) is 75.1 cm³/mol. The van der Waals surface area contributed by atoms with Gasteiger partial charge >= 0.3 is 0 Å². The lowest BCUT2D eigenvalue weighted by Gasteiger charge is -2.22. The molecule has 0 fully saturated rings. The summed E-state index contributed by atoms with van der Waals surface area (Å²) < 4.78 is 0. The van der Waals surface area contributed by atoms with E-state index in [4.69, 9.17) is 0 Å². The van der Waals surface area contributed by atoms with Crippen molar-refractivity contribution < 1.29 is 4.92 Å². The first-order valence-electron chi connectivity index (χ1n) is 6.69. The minimum Gasteiger partial charge on any atom is -0.366 e.